The second-order valence-electron chi connectivity index (χ2n) is 6.00. The lowest BCUT2D eigenvalue weighted by Gasteiger charge is -2.34. The number of amides is 1. The first-order chi connectivity index (χ1) is 11.6. The van der Waals surface area contributed by atoms with E-state index in [0.29, 0.717) is 11.7 Å². The number of anilines is 1. The van der Waals surface area contributed by atoms with Crippen LogP contribution in [0.3, 0.4) is 0 Å². The number of carbonyl (C=O) groups excluding carboxylic acids is 1. The van der Waals surface area contributed by atoms with Crippen LogP contribution >= 0.6 is 11.3 Å². The predicted octanol–water partition coefficient (Wildman–Crippen LogP) is 2.35. The van der Waals surface area contributed by atoms with Gasteiger partial charge in [-0.05, 0) is 24.6 Å². The minimum Gasteiger partial charge on any atom is -0.301 e. The Kier molecular flexibility index (Phi) is 5.55. The summed E-state index contributed by atoms with van der Waals surface area (Å²) in [5, 5.41) is 3.50. The van der Waals surface area contributed by atoms with Crippen LogP contribution < -0.4 is 5.32 Å². The smallest absolute Gasteiger partial charge is 0.240 e. The SMILES string of the molecule is Cc1cnc(NC(=O)CN2CCN(Cc3ccc(F)cc3)CC2)s1. The van der Waals surface area contributed by atoms with Crippen LogP contribution in [0.5, 0.6) is 0 Å². The van der Waals surface area contributed by atoms with Crippen molar-refractivity contribution in [3.63, 3.8) is 0 Å². The van der Waals surface area contributed by atoms with Gasteiger partial charge in [-0.15, -0.1) is 11.3 Å². The zero-order valence-corrected chi connectivity index (χ0v) is 14.5. The summed E-state index contributed by atoms with van der Waals surface area (Å²) in [6.45, 7) is 6.69. The van der Waals surface area contributed by atoms with Gasteiger partial charge in [0.2, 0.25) is 5.91 Å². The van der Waals surface area contributed by atoms with Crippen molar-refractivity contribution in [3.8, 4) is 0 Å². The molecule has 1 amide bonds. The first kappa shape index (κ1) is 17.0. The molecule has 3 rings (SSSR count). The van der Waals surface area contributed by atoms with E-state index in [1.165, 1.54) is 23.5 Å². The monoisotopic (exact) mass is 348 g/mol. The fraction of sp³-hybridized carbons (Fsp3) is 0.412. The van der Waals surface area contributed by atoms with Gasteiger partial charge in [-0.3, -0.25) is 14.6 Å². The summed E-state index contributed by atoms with van der Waals surface area (Å²) in [4.78, 5) is 21.8. The molecule has 0 saturated carbocycles. The van der Waals surface area contributed by atoms with E-state index in [4.69, 9.17) is 0 Å². The first-order valence-corrected chi connectivity index (χ1v) is 8.81. The molecule has 0 atom stereocenters. The highest BCUT2D eigenvalue weighted by Gasteiger charge is 2.19. The third-order valence-corrected chi connectivity index (χ3v) is 4.85. The lowest BCUT2D eigenvalue weighted by atomic mass is 10.2. The highest BCUT2D eigenvalue weighted by atomic mass is 32.1. The van der Waals surface area contributed by atoms with Crippen LogP contribution in [0.4, 0.5) is 9.52 Å². The maximum Gasteiger partial charge on any atom is 0.240 e. The van der Waals surface area contributed by atoms with Crippen molar-refractivity contribution in [3.05, 3.63) is 46.7 Å². The summed E-state index contributed by atoms with van der Waals surface area (Å²) in [6.07, 6.45) is 1.76. The van der Waals surface area contributed by atoms with Crippen LogP contribution in [0, 0.1) is 12.7 Å². The maximum absolute atomic E-state index is 12.9. The fourth-order valence-corrected chi connectivity index (χ4v) is 3.41. The standard InChI is InChI=1S/C17H21FN4OS/c1-13-10-19-17(24-13)20-16(23)12-22-8-6-21(7-9-22)11-14-2-4-15(18)5-3-14/h2-5,10H,6-9,11-12H2,1H3,(H,19,20,23). The minimum atomic E-state index is -0.204. The number of hydrogen-bond donors (Lipinski definition) is 1. The topological polar surface area (TPSA) is 48.5 Å². The molecule has 1 aliphatic heterocycles. The van der Waals surface area contributed by atoms with Crippen LogP contribution in [-0.2, 0) is 11.3 Å². The van der Waals surface area contributed by atoms with Crippen LogP contribution in [0.2, 0.25) is 0 Å². The van der Waals surface area contributed by atoms with E-state index in [2.05, 4.69) is 20.1 Å². The van der Waals surface area contributed by atoms with Gasteiger partial charge in [0.25, 0.3) is 0 Å². The maximum atomic E-state index is 12.9. The molecule has 1 aliphatic rings. The van der Waals surface area contributed by atoms with Crippen molar-refractivity contribution in [2.45, 2.75) is 13.5 Å². The summed E-state index contributed by atoms with van der Waals surface area (Å²) in [6, 6.07) is 6.64. The molecule has 1 saturated heterocycles. The van der Waals surface area contributed by atoms with Gasteiger partial charge in [-0.2, -0.15) is 0 Å². The number of nitrogens with zero attached hydrogens (tertiary/aromatic N) is 3. The summed E-state index contributed by atoms with van der Waals surface area (Å²) < 4.78 is 12.9. The van der Waals surface area contributed by atoms with Crippen LogP contribution in [0.15, 0.2) is 30.5 Å². The second-order valence-corrected chi connectivity index (χ2v) is 7.24. The summed E-state index contributed by atoms with van der Waals surface area (Å²) in [5.74, 6) is -0.221. The highest BCUT2D eigenvalue weighted by Crippen LogP contribution is 2.16. The number of thiazole rings is 1. The number of halogens is 1. The summed E-state index contributed by atoms with van der Waals surface area (Å²) in [7, 11) is 0. The molecule has 2 heterocycles. The number of aryl methyl sites for hydroxylation is 1. The first-order valence-electron chi connectivity index (χ1n) is 8.00. The van der Waals surface area contributed by atoms with Crippen LogP contribution in [0.1, 0.15) is 10.4 Å². The van der Waals surface area contributed by atoms with Crippen molar-refractivity contribution in [2.75, 3.05) is 38.0 Å². The Bertz CT molecular complexity index is 680. The molecule has 1 fully saturated rings. The number of piperazine rings is 1. The number of aromatic nitrogens is 1. The third-order valence-electron chi connectivity index (χ3n) is 4.02. The molecule has 2 aromatic rings. The Morgan fingerprint density at radius 3 is 2.50 bits per heavy atom. The fourth-order valence-electron chi connectivity index (χ4n) is 2.73. The number of carbonyl (C=O) groups is 1. The summed E-state index contributed by atoms with van der Waals surface area (Å²) in [5.41, 5.74) is 1.11. The van der Waals surface area contributed by atoms with Crippen LogP contribution in [-0.4, -0.2) is 53.4 Å². The van der Waals surface area contributed by atoms with Gasteiger partial charge >= 0.3 is 0 Å². The number of rotatable bonds is 5. The molecule has 0 radical (unpaired) electrons. The van der Waals surface area contributed by atoms with E-state index < -0.39 is 0 Å². The predicted molar refractivity (Wildman–Crippen MR) is 93.6 cm³/mol. The average molecular weight is 348 g/mol. The van der Waals surface area contributed by atoms with Crippen molar-refractivity contribution in [1.82, 2.24) is 14.8 Å². The van der Waals surface area contributed by atoms with E-state index in [0.717, 1.165) is 43.2 Å². The number of nitrogens with one attached hydrogen (secondary N) is 1. The van der Waals surface area contributed by atoms with E-state index in [1.54, 1.807) is 6.20 Å². The average Bonchev–Trinajstić information content (AvgIpc) is 2.96. The second kappa shape index (κ2) is 7.83. The molecule has 1 N–H and O–H groups in total. The van der Waals surface area contributed by atoms with Crippen molar-refractivity contribution >= 4 is 22.4 Å². The van der Waals surface area contributed by atoms with Gasteiger partial charge < -0.3 is 5.32 Å². The zero-order valence-electron chi connectivity index (χ0n) is 13.7. The van der Waals surface area contributed by atoms with Crippen LogP contribution in [0.25, 0.3) is 0 Å². The molecule has 0 spiro atoms. The molecule has 24 heavy (non-hydrogen) atoms. The highest BCUT2D eigenvalue weighted by molar-refractivity contribution is 7.15. The van der Waals surface area contributed by atoms with Gasteiger partial charge in [0.15, 0.2) is 5.13 Å². The van der Waals surface area contributed by atoms with Crippen molar-refractivity contribution in [1.29, 1.82) is 0 Å². The van der Waals surface area contributed by atoms with Crippen molar-refractivity contribution in [2.24, 2.45) is 0 Å². The van der Waals surface area contributed by atoms with Gasteiger partial charge in [-0.1, -0.05) is 12.1 Å². The molecule has 0 unspecified atom stereocenters. The lowest BCUT2D eigenvalue weighted by Crippen LogP contribution is -2.48. The van der Waals surface area contributed by atoms with Gasteiger partial charge in [0.05, 0.1) is 6.54 Å². The Labute approximate surface area is 145 Å². The van der Waals surface area contributed by atoms with Gasteiger partial charge in [0.1, 0.15) is 5.82 Å². The molecular weight excluding hydrogens is 327 g/mol. The normalized spacial score (nSPS) is 16.2. The van der Waals surface area contributed by atoms with E-state index in [-0.39, 0.29) is 11.7 Å². The minimum absolute atomic E-state index is 0.0173. The van der Waals surface area contributed by atoms with Gasteiger partial charge in [0, 0.05) is 43.8 Å². The number of benzene rings is 1. The molecule has 0 bridgehead atoms. The molecule has 5 nitrogen and oxygen atoms in total. The largest absolute Gasteiger partial charge is 0.301 e. The van der Waals surface area contributed by atoms with E-state index in [1.807, 2.05) is 19.1 Å². The zero-order chi connectivity index (χ0) is 16.9. The van der Waals surface area contributed by atoms with Crippen molar-refractivity contribution < 1.29 is 9.18 Å². The number of hydrogen-bond acceptors (Lipinski definition) is 5. The Morgan fingerprint density at radius 1 is 1.21 bits per heavy atom. The molecular formula is C17H21FN4OS. The molecule has 128 valence electrons. The molecule has 0 aliphatic carbocycles. The Balaban J connectivity index is 1.41. The van der Waals surface area contributed by atoms with E-state index in [9.17, 15) is 9.18 Å². The third kappa shape index (κ3) is 4.83. The van der Waals surface area contributed by atoms with Gasteiger partial charge in [-0.25, -0.2) is 9.37 Å². The van der Waals surface area contributed by atoms with E-state index >= 15 is 0 Å². The molecule has 1 aromatic heterocycles. The molecule has 7 heteroatoms. The quantitative estimate of drug-likeness (QED) is 0.901. The Hall–Kier alpha value is -1.83. The molecule has 1 aromatic carbocycles. The summed E-state index contributed by atoms with van der Waals surface area (Å²) >= 11 is 1.48. The Morgan fingerprint density at radius 2 is 1.88 bits per heavy atom. The lowest BCUT2D eigenvalue weighted by molar-refractivity contribution is -0.117.